The SMILES string of the molecule is O=C(CC(=O)N1CCc2cc(N/C(=C3\C(=O)Nc4cc(C(=O)O)ccc43)c3ccccc3)ccc21)NCc1ccccc1. The summed E-state index contributed by atoms with van der Waals surface area (Å²) in [5.74, 6) is -2.01. The van der Waals surface area contributed by atoms with E-state index in [0.29, 0.717) is 42.0 Å². The molecule has 0 spiro atoms. The third-order valence-electron chi connectivity index (χ3n) is 7.51. The molecule has 2 heterocycles. The van der Waals surface area contributed by atoms with Gasteiger partial charge in [-0.25, -0.2) is 4.79 Å². The van der Waals surface area contributed by atoms with E-state index in [0.717, 1.165) is 28.1 Å². The smallest absolute Gasteiger partial charge is 0.335 e. The molecule has 2 aliphatic heterocycles. The molecular formula is C34H28N4O5. The van der Waals surface area contributed by atoms with Crippen molar-refractivity contribution in [1.82, 2.24) is 5.32 Å². The standard InChI is InChI=1S/C34H28N4O5/c39-29(35-20-21-7-3-1-4-8-21)19-30(40)38-16-15-23-17-25(12-14-28(23)38)36-32(22-9-5-2-6-10-22)31-26-13-11-24(34(42)43)18-27(26)37-33(31)41/h1-14,17-18,36H,15-16,19-20H2,(H,35,39)(H,37,41)(H,42,43)/b32-31-. The van der Waals surface area contributed by atoms with E-state index in [1.165, 1.54) is 12.1 Å². The van der Waals surface area contributed by atoms with Gasteiger partial charge in [0, 0.05) is 30.0 Å². The number of anilines is 3. The van der Waals surface area contributed by atoms with Crippen LogP contribution in [0.15, 0.2) is 97.1 Å². The van der Waals surface area contributed by atoms with Crippen LogP contribution in [0.4, 0.5) is 17.1 Å². The molecule has 0 fully saturated rings. The maximum Gasteiger partial charge on any atom is 0.335 e. The normalized spacial score (nSPS) is 14.4. The van der Waals surface area contributed by atoms with Crippen molar-refractivity contribution in [2.24, 2.45) is 0 Å². The molecule has 43 heavy (non-hydrogen) atoms. The van der Waals surface area contributed by atoms with Crippen molar-refractivity contribution in [2.75, 3.05) is 22.1 Å². The molecule has 0 radical (unpaired) electrons. The van der Waals surface area contributed by atoms with Crippen molar-refractivity contribution in [2.45, 2.75) is 19.4 Å². The van der Waals surface area contributed by atoms with Gasteiger partial charge in [0.05, 0.1) is 22.5 Å². The van der Waals surface area contributed by atoms with Crippen molar-refractivity contribution in [3.8, 4) is 0 Å². The lowest BCUT2D eigenvalue weighted by molar-refractivity contribution is -0.128. The number of fused-ring (bicyclic) bond motifs is 2. The number of carbonyl (C=O) groups excluding carboxylic acids is 3. The Morgan fingerprint density at radius 1 is 0.860 bits per heavy atom. The number of carboxylic acids is 1. The van der Waals surface area contributed by atoms with E-state index in [-0.39, 0.29) is 29.7 Å². The van der Waals surface area contributed by atoms with Crippen LogP contribution in [-0.2, 0) is 27.3 Å². The van der Waals surface area contributed by atoms with Gasteiger partial charge in [0.1, 0.15) is 6.42 Å². The Labute approximate surface area is 247 Å². The van der Waals surface area contributed by atoms with E-state index in [4.69, 9.17) is 0 Å². The first kappa shape index (κ1) is 27.5. The third kappa shape index (κ3) is 5.73. The number of carboxylic acid groups (broad SMARTS) is 1. The number of rotatable bonds is 8. The zero-order valence-corrected chi connectivity index (χ0v) is 23.1. The molecule has 6 rings (SSSR count). The maximum absolute atomic E-state index is 13.2. The quantitative estimate of drug-likeness (QED) is 0.175. The Morgan fingerprint density at radius 3 is 2.35 bits per heavy atom. The Morgan fingerprint density at radius 2 is 1.60 bits per heavy atom. The summed E-state index contributed by atoms with van der Waals surface area (Å²) in [7, 11) is 0. The number of hydrogen-bond acceptors (Lipinski definition) is 5. The Balaban J connectivity index is 1.23. The second-order valence-corrected chi connectivity index (χ2v) is 10.3. The Kier molecular flexibility index (Phi) is 7.44. The number of amides is 3. The summed E-state index contributed by atoms with van der Waals surface area (Å²) in [5, 5.41) is 18.4. The molecule has 0 saturated carbocycles. The largest absolute Gasteiger partial charge is 0.478 e. The average molecular weight is 573 g/mol. The van der Waals surface area contributed by atoms with Crippen LogP contribution in [0.25, 0.3) is 11.3 Å². The molecular weight excluding hydrogens is 544 g/mol. The summed E-state index contributed by atoms with van der Waals surface area (Å²) in [4.78, 5) is 51.8. The number of hydrogen-bond donors (Lipinski definition) is 4. The fourth-order valence-electron chi connectivity index (χ4n) is 5.41. The lowest BCUT2D eigenvalue weighted by Crippen LogP contribution is -2.34. The van der Waals surface area contributed by atoms with Crippen molar-refractivity contribution in [3.05, 3.63) is 125 Å². The molecule has 0 bridgehead atoms. The molecule has 0 aromatic heterocycles. The van der Waals surface area contributed by atoms with Crippen LogP contribution in [0.3, 0.4) is 0 Å². The molecule has 214 valence electrons. The topological polar surface area (TPSA) is 128 Å². The van der Waals surface area contributed by atoms with Gasteiger partial charge in [-0.1, -0.05) is 66.7 Å². The molecule has 4 N–H and O–H groups in total. The summed E-state index contributed by atoms with van der Waals surface area (Å²) in [5.41, 5.74) is 6.26. The van der Waals surface area contributed by atoms with Crippen molar-refractivity contribution >= 4 is 52.0 Å². The predicted molar refractivity (Wildman–Crippen MR) is 164 cm³/mol. The van der Waals surface area contributed by atoms with Crippen molar-refractivity contribution in [3.63, 3.8) is 0 Å². The van der Waals surface area contributed by atoms with Crippen molar-refractivity contribution in [1.29, 1.82) is 0 Å². The van der Waals surface area contributed by atoms with Crippen LogP contribution in [0.2, 0.25) is 0 Å². The fraction of sp³-hybridized carbons (Fsp3) is 0.118. The summed E-state index contributed by atoms with van der Waals surface area (Å²) < 4.78 is 0. The van der Waals surface area contributed by atoms with Gasteiger partial charge in [-0.2, -0.15) is 0 Å². The van der Waals surface area contributed by atoms with E-state index in [9.17, 15) is 24.3 Å². The van der Waals surface area contributed by atoms with Crippen LogP contribution in [0.1, 0.15) is 39.0 Å². The number of nitrogens with zero attached hydrogens (tertiary/aromatic N) is 1. The van der Waals surface area contributed by atoms with Crippen LogP contribution in [0.5, 0.6) is 0 Å². The first-order chi connectivity index (χ1) is 20.9. The fourth-order valence-corrected chi connectivity index (χ4v) is 5.41. The zero-order chi connectivity index (χ0) is 29.9. The van der Waals surface area contributed by atoms with E-state index >= 15 is 0 Å². The second kappa shape index (κ2) is 11.7. The molecule has 4 aromatic carbocycles. The Bertz CT molecular complexity index is 1780. The number of aromatic carboxylic acids is 1. The lowest BCUT2D eigenvalue weighted by Gasteiger charge is -2.19. The second-order valence-electron chi connectivity index (χ2n) is 10.3. The van der Waals surface area contributed by atoms with Gasteiger partial charge in [0.25, 0.3) is 5.91 Å². The van der Waals surface area contributed by atoms with Crippen LogP contribution >= 0.6 is 0 Å². The summed E-state index contributed by atoms with van der Waals surface area (Å²) in [6.45, 7) is 0.832. The van der Waals surface area contributed by atoms with E-state index < -0.39 is 5.97 Å². The molecule has 2 aliphatic rings. The van der Waals surface area contributed by atoms with Crippen LogP contribution in [0, 0.1) is 0 Å². The first-order valence-corrected chi connectivity index (χ1v) is 13.9. The molecule has 0 atom stereocenters. The highest BCUT2D eigenvalue weighted by molar-refractivity contribution is 6.37. The highest BCUT2D eigenvalue weighted by Crippen LogP contribution is 2.39. The molecule has 0 aliphatic carbocycles. The van der Waals surface area contributed by atoms with Gasteiger partial charge in [-0.3, -0.25) is 14.4 Å². The third-order valence-corrected chi connectivity index (χ3v) is 7.51. The zero-order valence-electron chi connectivity index (χ0n) is 23.1. The highest BCUT2D eigenvalue weighted by atomic mass is 16.4. The van der Waals surface area contributed by atoms with Gasteiger partial charge in [0.15, 0.2) is 0 Å². The highest BCUT2D eigenvalue weighted by Gasteiger charge is 2.30. The summed E-state index contributed by atoms with van der Waals surface area (Å²) in [6.07, 6.45) is 0.384. The number of nitrogens with one attached hydrogen (secondary N) is 3. The number of carbonyl (C=O) groups is 4. The van der Waals surface area contributed by atoms with Gasteiger partial charge in [0.2, 0.25) is 11.8 Å². The van der Waals surface area contributed by atoms with E-state index in [1.54, 1.807) is 11.0 Å². The van der Waals surface area contributed by atoms with Gasteiger partial charge in [-0.15, -0.1) is 0 Å². The summed E-state index contributed by atoms with van der Waals surface area (Å²) in [6, 6.07) is 29.1. The lowest BCUT2D eigenvalue weighted by atomic mass is 9.99. The van der Waals surface area contributed by atoms with Crippen LogP contribution < -0.4 is 20.9 Å². The number of benzene rings is 4. The molecule has 4 aromatic rings. The van der Waals surface area contributed by atoms with Gasteiger partial charge < -0.3 is 26.0 Å². The molecule has 9 nitrogen and oxygen atoms in total. The monoisotopic (exact) mass is 572 g/mol. The summed E-state index contributed by atoms with van der Waals surface area (Å²) >= 11 is 0. The Hall–Kier alpha value is -5.70. The van der Waals surface area contributed by atoms with Gasteiger partial charge in [-0.05, 0) is 53.4 Å². The minimum Gasteiger partial charge on any atom is -0.478 e. The molecule has 3 amide bonds. The minimum atomic E-state index is -1.07. The van der Waals surface area contributed by atoms with Crippen molar-refractivity contribution < 1.29 is 24.3 Å². The molecule has 9 heteroatoms. The maximum atomic E-state index is 13.2. The molecule has 0 saturated heterocycles. The van der Waals surface area contributed by atoms with Crippen LogP contribution in [-0.4, -0.2) is 35.3 Å². The molecule has 0 unspecified atom stereocenters. The first-order valence-electron chi connectivity index (χ1n) is 13.9. The minimum absolute atomic E-state index is 0.0842. The van der Waals surface area contributed by atoms with E-state index in [2.05, 4.69) is 16.0 Å². The average Bonchev–Trinajstić information content (AvgIpc) is 3.59. The van der Waals surface area contributed by atoms with Gasteiger partial charge >= 0.3 is 5.97 Å². The van der Waals surface area contributed by atoms with E-state index in [1.807, 2.05) is 78.9 Å². The predicted octanol–water partition coefficient (Wildman–Crippen LogP) is 4.91.